The maximum Gasteiger partial charge on any atom is 0.341 e. The van der Waals surface area contributed by atoms with Crippen LogP contribution in [0.1, 0.15) is 11.3 Å². The summed E-state index contributed by atoms with van der Waals surface area (Å²) in [4.78, 5) is 4.84. The van der Waals surface area contributed by atoms with Crippen molar-refractivity contribution in [1.29, 1.82) is 0 Å². The van der Waals surface area contributed by atoms with Gasteiger partial charge in [0.05, 0.1) is 10.6 Å². The number of hydrogen-bond donors (Lipinski definition) is 1. The third kappa shape index (κ3) is 2.75. The number of anilines is 1. The minimum atomic E-state index is -4.67. The highest BCUT2D eigenvalue weighted by atomic mass is 35.5. The summed E-state index contributed by atoms with van der Waals surface area (Å²) in [7, 11) is -4.67. The molecule has 0 saturated carbocycles. The second-order valence-corrected chi connectivity index (χ2v) is 8.54. The van der Waals surface area contributed by atoms with Crippen LogP contribution >= 0.6 is 11.6 Å². The Morgan fingerprint density at radius 2 is 1.92 bits per heavy atom. The van der Waals surface area contributed by atoms with Gasteiger partial charge < -0.3 is 9.88 Å². The Bertz CT molecular complexity index is 1100. The van der Waals surface area contributed by atoms with Crippen molar-refractivity contribution in [1.82, 2.24) is 4.98 Å². The van der Waals surface area contributed by atoms with Crippen molar-refractivity contribution < 1.29 is 17.2 Å². The summed E-state index contributed by atoms with van der Waals surface area (Å²) in [5, 5.41) is 1.57. The number of hydrogen-bond acceptors (Lipinski definition) is 3. The Balaban J connectivity index is 1.79. The first-order valence-corrected chi connectivity index (χ1v) is 9.95. The van der Waals surface area contributed by atoms with Gasteiger partial charge in [0.2, 0.25) is 9.84 Å². The van der Waals surface area contributed by atoms with Crippen molar-refractivity contribution in [3.05, 3.63) is 58.7 Å². The SMILES string of the molecule is O=S(=O)(c1ccccc1N1CCc2[nH]c3ccc(Cl)cc3c2C1)C(F)F. The molecule has 0 radical (unpaired) electrons. The monoisotopic (exact) mass is 396 g/mol. The van der Waals surface area contributed by atoms with Gasteiger partial charge in [0.15, 0.2) is 0 Å². The Morgan fingerprint density at radius 1 is 1.15 bits per heavy atom. The topological polar surface area (TPSA) is 53.2 Å². The molecule has 4 nitrogen and oxygen atoms in total. The van der Waals surface area contributed by atoms with Crippen LogP contribution in [0.4, 0.5) is 14.5 Å². The number of H-pyrrole nitrogens is 1. The minimum absolute atomic E-state index is 0.301. The Kier molecular flexibility index (Phi) is 4.16. The summed E-state index contributed by atoms with van der Waals surface area (Å²) in [5.74, 6) is -3.45. The van der Waals surface area contributed by atoms with Gasteiger partial charge in [-0.05, 0) is 30.3 Å². The molecule has 8 heteroatoms. The van der Waals surface area contributed by atoms with Gasteiger partial charge in [-0.25, -0.2) is 8.42 Å². The zero-order chi connectivity index (χ0) is 18.5. The number of aromatic amines is 1. The Morgan fingerprint density at radius 3 is 2.69 bits per heavy atom. The smallest absolute Gasteiger partial charge is 0.341 e. The average molecular weight is 397 g/mol. The zero-order valence-corrected chi connectivity index (χ0v) is 15.1. The van der Waals surface area contributed by atoms with E-state index in [-0.39, 0.29) is 4.90 Å². The van der Waals surface area contributed by atoms with E-state index in [4.69, 9.17) is 11.6 Å². The highest BCUT2D eigenvalue weighted by Crippen LogP contribution is 2.35. The first-order valence-electron chi connectivity index (χ1n) is 8.03. The first kappa shape index (κ1) is 17.3. The number of fused-ring (bicyclic) bond motifs is 3. The Hall–Kier alpha value is -2.12. The normalized spacial score (nSPS) is 14.8. The van der Waals surface area contributed by atoms with E-state index in [0.29, 0.717) is 30.2 Å². The lowest BCUT2D eigenvalue weighted by molar-refractivity contribution is 0.235. The first-order chi connectivity index (χ1) is 12.4. The van der Waals surface area contributed by atoms with E-state index < -0.39 is 15.6 Å². The van der Waals surface area contributed by atoms with Crippen LogP contribution in [-0.4, -0.2) is 25.7 Å². The average Bonchev–Trinajstić information content (AvgIpc) is 2.98. The summed E-state index contributed by atoms with van der Waals surface area (Å²) in [6.07, 6.45) is 0.657. The highest BCUT2D eigenvalue weighted by molar-refractivity contribution is 7.91. The van der Waals surface area contributed by atoms with Gasteiger partial charge in [0.25, 0.3) is 0 Å². The van der Waals surface area contributed by atoms with Gasteiger partial charge in [-0.3, -0.25) is 0 Å². The fourth-order valence-electron chi connectivity index (χ4n) is 3.45. The van der Waals surface area contributed by atoms with Crippen LogP contribution < -0.4 is 4.90 Å². The van der Waals surface area contributed by atoms with E-state index in [1.54, 1.807) is 18.2 Å². The number of nitrogens with zero attached hydrogens (tertiary/aromatic N) is 1. The molecule has 3 aromatic rings. The predicted octanol–water partition coefficient (Wildman–Crippen LogP) is 4.38. The molecule has 0 atom stereocenters. The molecule has 136 valence electrons. The molecule has 0 spiro atoms. The van der Waals surface area contributed by atoms with E-state index in [0.717, 1.165) is 22.2 Å². The molecule has 1 aliphatic heterocycles. The molecular weight excluding hydrogens is 382 g/mol. The van der Waals surface area contributed by atoms with E-state index in [2.05, 4.69) is 4.98 Å². The van der Waals surface area contributed by atoms with E-state index >= 15 is 0 Å². The Labute approximate surface area is 154 Å². The number of nitrogens with one attached hydrogen (secondary N) is 1. The summed E-state index contributed by atoms with van der Waals surface area (Å²) in [6.45, 7) is 0.953. The molecule has 0 saturated heterocycles. The van der Waals surface area contributed by atoms with Crippen LogP contribution in [0.3, 0.4) is 0 Å². The molecule has 0 bridgehead atoms. The zero-order valence-electron chi connectivity index (χ0n) is 13.5. The van der Waals surface area contributed by atoms with Crippen molar-refractivity contribution in [2.75, 3.05) is 11.4 Å². The molecule has 2 aromatic carbocycles. The molecule has 2 heterocycles. The molecule has 1 N–H and O–H groups in total. The number of sulfone groups is 1. The van der Waals surface area contributed by atoms with E-state index in [1.807, 2.05) is 17.0 Å². The lowest BCUT2D eigenvalue weighted by atomic mass is 10.0. The van der Waals surface area contributed by atoms with Crippen LogP contribution in [0.25, 0.3) is 10.9 Å². The molecule has 0 unspecified atom stereocenters. The standard InChI is InChI=1S/C18H15ClF2N2O2S/c19-11-5-6-14-12(9-11)13-10-23(8-7-15(13)22-14)16-3-1-2-4-17(16)26(24,25)18(20)21/h1-6,9,18,22H,7-8,10H2. The number of benzene rings is 2. The van der Waals surface area contributed by atoms with Crippen LogP contribution in [0.15, 0.2) is 47.4 Å². The molecule has 0 fully saturated rings. The molecule has 0 aliphatic carbocycles. The fraction of sp³-hybridized carbons (Fsp3) is 0.222. The third-order valence-electron chi connectivity index (χ3n) is 4.68. The second-order valence-electron chi connectivity index (χ2n) is 6.22. The quantitative estimate of drug-likeness (QED) is 0.714. The maximum absolute atomic E-state index is 13.1. The van der Waals surface area contributed by atoms with Gasteiger partial charge >= 0.3 is 5.76 Å². The summed E-state index contributed by atoms with van der Waals surface area (Å²) in [6, 6.07) is 11.5. The minimum Gasteiger partial charge on any atom is -0.366 e. The molecule has 1 aromatic heterocycles. The van der Waals surface area contributed by atoms with Gasteiger partial charge in [0.1, 0.15) is 0 Å². The summed E-state index contributed by atoms with van der Waals surface area (Å²) in [5.41, 5.74) is 3.33. The van der Waals surface area contributed by atoms with Crippen molar-refractivity contribution in [2.24, 2.45) is 0 Å². The summed E-state index contributed by atoms with van der Waals surface area (Å²) >= 11 is 6.10. The van der Waals surface area contributed by atoms with Crippen LogP contribution in [0.2, 0.25) is 5.02 Å². The van der Waals surface area contributed by atoms with Gasteiger partial charge in [0, 0.05) is 46.7 Å². The van der Waals surface area contributed by atoms with Crippen LogP contribution in [0, 0.1) is 0 Å². The lowest BCUT2D eigenvalue weighted by Crippen LogP contribution is -2.31. The van der Waals surface area contributed by atoms with E-state index in [9.17, 15) is 17.2 Å². The maximum atomic E-state index is 13.1. The largest absolute Gasteiger partial charge is 0.366 e. The highest BCUT2D eigenvalue weighted by Gasteiger charge is 2.32. The van der Waals surface area contributed by atoms with Crippen molar-refractivity contribution in [3.63, 3.8) is 0 Å². The molecule has 0 amide bonds. The number of para-hydroxylation sites is 1. The number of rotatable bonds is 3. The molecular formula is C18H15ClF2N2O2S. The number of aromatic nitrogens is 1. The van der Waals surface area contributed by atoms with Gasteiger partial charge in [-0.1, -0.05) is 23.7 Å². The fourth-order valence-corrected chi connectivity index (χ4v) is 4.57. The van der Waals surface area contributed by atoms with Crippen LogP contribution in [0.5, 0.6) is 0 Å². The van der Waals surface area contributed by atoms with Crippen molar-refractivity contribution >= 4 is 38.0 Å². The number of halogens is 3. The van der Waals surface area contributed by atoms with E-state index in [1.165, 1.54) is 12.1 Å². The lowest BCUT2D eigenvalue weighted by Gasteiger charge is -2.30. The van der Waals surface area contributed by atoms with Gasteiger partial charge in [-0.15, -0.1) is 0 Å². The van der Waals surface area contributed by atoms with Gasteiger partial charge in [-0.2, -0.15) is 8.78 Å². The summed E-state index contributed by atoms with van der Waals surface area (Å²) < 4.78 is 50.2. The second kappa shape index (κ2) is 6.25. The molecule has 26 heavy (non-hydrogen) atoms. The molecule has 4 rings (SSSR count). The van der Waals surface area contributed by atoms with Crippen molar-refractivity contribution in [2.45, 2.75) is 23.6 Å². The third-order valence-corrected chi connectivity index (χ3v) is 6.35. The molecule has 1 aliphatic rings. The van der Waals surface area contributed by atoms with Crippen molar-refractivity contribution in [3.8, 4) is 0 Å². The predicted molar refractivity (Wildman–Crippen MR) is 97.7 cm³/mol. The van der Waals surface area contributed by atoms with Crippen LogP contribution in [-0.2, 0) is 22.8 Å². The number of alkyl halides is 2.